The lowest BCUT2D eigenvalue weighted by molar-refractivity contribution is -0.150. The second-order valence-electron chi connectivity index (χ2n) is 8.87. The topological polar surface area (TPSA) is 96.7 Å². The Morgan fingerprint density at radius 2 is 1.69 bits per heavy atom. The van der Waals surface area contributed by atoms with Gasteiger partial charge in [0.15, 0.2) is 0 Å². The highest BCUT2D eigenvalue weighted by Gasteiger charge is 2.53. The molecule has 2 aromatic rings. The molecule has 2 aliphatic rings. The Kier molecular flexibility index (Phi) is 6.76. The van der Waals surface area contributed by atoms with Crippen LogP contribution in [-0.4, -0.2) is 70.3 Å². The number of likely N-dealkylation sites (tertiary alicyclic amines) is 1. The van der Waals surface area contributed by atoms with Crippen LogP contribution < -0.4 is 14.4 Å². The number of aromatic nitrogens is 4. The second-order valence-corrected chi connectivity index (χ2v) is 8.87. The SMILES string of the molecule is CCOc1ncc(C2(O)[C@@H]3CCC[C@H]2CN(Cc2cnc(N(C)C)nc2)C3)c(OCC)n1. The second kappa shape index (κ2) is 9.54. The van der Waals surface area contributed by atoms with Gasteiger partial charge in [0.1, 0.15) is 5.60 Å². The number of rotatable bonds is 8. The van der Waals surface area contributed by atoms with Gasteiger partial charge < -0.3 is 19.5 Å². The summed E-state index contributed by atoms with van der Waals surface area (Å²) in [7, 11) is 3.87. The first kappa shape index (κ1) is 22.7. The van der Waals surface area contributed by atoms with Crippen LogP contribution in [0, 0.1) is 11.8 Å². The van der Waals surface area contributed by atoms with E-state index in [9.17, 15) is 5.11 Å². The Hall–Kier alpha value is -2.52. The summed E-state index contributed by atoms with van der Waals surface area (Å²) in [4.78, 5) is 22.0. The Morgan fingerprint density at radius 3 is 2.28 bits per heavy atom. The molecule has 1 aliphatic carbocycles. The molecule has 3 heterocycles. The first-order valence-corrected chi connectivity index (χ1v) is 11.5. The third-order valence-corrected chi connectivity index (χ3v) is 6.52. The van der Waals surface area contributed by atoms with E-state index in [1.807, 2.05) is 45.2 Å². The zero-order valence-corrected chi connectivity index (χ0v) is 19.5. The van der Waals surface area contributed by atoms with Crippen LogP contribution in [0.3, 0.4) is 0 Å². The van der Waals surface area contributed by atoms with Crippen molar-refractivity contribution in [1.29, 1.82) is 0 Å². The highest BCUT2D eigenvalue weighted by Crippen LogP contribution is 2.51. The summed E-state index contributed by atoms with van der Waals surface area (Å²) in [6, 6.07) is 0.284. The quantitative estimate of drug-likeness (QED) is 0.660. The van der Waals surface area contributed by atoms with E-state index in [4.69, 9.17) is 9.47 Å². The van der Waals surface area contributed by atoms with Crippen molar-refractivity contribution in [3.05, 3.63) is 29.7 Å². The minimum Gasteiger partial charge on any atom is -0.478 e. The van der Waals surface area contributed by atoms with Gasteiger partial charge >= 0.3 is 6.01 Å². The van der Waals surface area contributed by atoms with Gasteiger partial charge in [-0.3, -0.25) is 4.90 Å². The van der Waals surface area contributed by atoms with Crippen LogP contribution in [0.5, 0.6) is 11.9 Å². The van der Waals surface area contributed by atoms with Crippen LogP contribution in [0.1, 0.15) is 44.2 Å². The average Bonchev–Trinajstić information content (AvgIpc) is 2.75. The predicted octanol–water partition coefficient (Wildman–Crippen LogP) is 2.25. The van der Waals surface area contributed by atoms with E-state index < -0.39 is 5.60 Å². The van der Waals surface area contributed by atoms with Crippen molar-refractivity contribution < 1.29 is 14.6 Å². The van der Waals surface area contributed by atoms with Crippen molar-refractivity contribution in [3.8, 4) is 11.9 Å². The zero-order valence-electron chi connectivity index (χ0n) is 19.5. The molecule has 4 rings (SSSR count). The predicted molar refractivity (Wildman–Crippen MR) is 121 cm³/mol. The van der Waals surface area contributed by atoms with Crippen molar-refractivity contribution >= 4 is 5.95 Å². The van der Waals surface area contributed by atoms with Crippen LogP contribution >= 0.6 is 0 Å². The molecule has 1 unspecified atom stereocenters. The lowest BCUT2D eigenvalue weighted by atomic mass is 9.63. The lowest BCUT2D eigenvalue weighted by Gasteiger charge is -2.53. The fraction of sp³-hybridized carbons (Fsp3) is 0.652. The molecule has 2 fully saturated rings. The van der Waals surface area contributed by atoms with E-state index in [1.165, 1.54) is 0 Å². The van der Waals surface area contributed by atoms with Crippen LogP contribution in [0.2, 0.25) is 0 Å². The van der Waals surface area contributed by atoms with Crippen molar-refractivity contribution in [1.82, 2.24) is 24.8 Å². The van der Waals surface area contributed by atoms with E-state index >= 15 is 0 Å². The van der Waals surface area contributed by atoms with Crippen molar-refractivity contribution in [2.24, 2.45) is 11.8 Å². The molecule has 1 saturated heterocycles. The zero-order chi connectivity index (χ0) is 22.7. The molecule has 1 aliphatic heterocycles. The minimum atomic E-state index is -1.00. The number of anilines is 1. The summed E-state index contributed by atoms with van der Waals surface area (Å²) in [6.45, 7) is 7.12. The van der Waals surface area contributed by atoms with Gasteiger partial charge in [0.05, 0.1) is 18.8 Å². The molecule has 174 valence electrons. The highest BCUT2D eigenvalue weighted by atomic mass is 16.5. The molecule has 2 aromatic heterocycles. The molecule has 0 spiro atoms. The number of aliphatic hydroxyl groups is 1. The molecule has 3 atom stereocenters. The maximum atomic E-state index is 12.1. The molecule has 32 heavy (non-hydrogen) atoms. The maximum Gasteiger partial charge on any atom is 0.319 e. The molecule has 9 nitrogen and oxygen atoms in total. The summed E-state index contributed by atoms with van der Waals surface area (Å²) >= 11 is 0. The third-order valence-electron chi connectivity index (χ3n) is 6.52. The average molecular weight is 443 g/mol. The minimum absolute atomic E-state index is 0.0812. The summed E-state index contributed by atoms with van der Waals surface area (Å²) in [5.41, 5.74) is 0.768. The molecule has 0 aromatic carbocycles. The van der Waals surface area contributed by atoms with Crippen LogP contribution in [0.15, 0.2) is 18.6 Å². The molecule has 0 radical (unpaired) electrons. The van der Waals surface area contributed by atoms with E-state index in [2.05, 4.69) is 24.8 Å². The number of ether oxygens (including phenoxy) is 2. The van der Waals surface area contributed by atoms with Gasteiger partial charge in [0.25, 0.3) is 0 Å². The Bertz CT molecular complexity index is 893. The van der Waals surface area contributed by atoms with Gasteiger partial charge in [-0.2, -0.15) is 4.98 Å². The van der Waals surface area contributed by atoms with Crippen LogP contribution in [-0.2, 0) is 12.1 Å². The van der Waals surface area contributed by atoms with E-state index in [-0.39, 0.29) is 17.8 Å². The van der Waals surface area contributed by atoms with Crippen molar-refractivity contribution in [3.63, 3.8) is 0 Å². The number of fused-ring (bicyclic) bond motifs is 2. The first-order valence-electron chi connectivity index (χ1n) is 11.5. The molecule has 0 amide bonds. The summed E-state index contributed by atoms with van der Waals surface area (Å²) in [6.07, 6.45) is 8.53. The smallest absolute Gasteiger partial charge is 0.319 e. The van der Waals surface area contributed by atoms with Crippen molar-refractivity contribution in [2.45, 2.75) is 45.3 Å². The Labute approximate surface area is 189 Å². The van der Waals surface area contributed by atoms with E-state index in [1.54, 1.807) is 6.20 Å². The molecule has 2 bridgehead atoms. The number of hydrogen-bond donors (Lipinski definition) is 1. The highest BCUT2D eigenvalue weighted by molar-refractivity contribution is 5.34. The van der Waals surface area contributed by atoms with Gasteiger partial charge in [-0.05, 0) is 26.7 Å². The number of nitrogens with zero attached hydrogens (tertiary/aromatic N) is 6. The van der Waals surface area contributed by atoms with Crippen molar-refractivity contribution in [2.75, 3.05) is 45.3 Å². The molecular formula is C23H34N6O3. The van der Waals surface area contributed by atoms with Gasteiger partial charge in [-0.25, -0.2) is 15.0 Å². The molecule has 9 heteroatoms. The largest absolute Gasteiger partial charge is 0.478 e. The summed E-state index contributed by atoms with van der Waals surface area (Å²) in [5, 5.41) is 12.1. The molecule has 1 saturated carbocycles. The monoisotopic (exact) mass is 442 g/mol. The van der Waals surface area contributed by atoms with Crippen LogP contribution in [0.25, 0.3) is 0 Å². The molecule has 1 N–H and O–H groups in total. The number of hydrogen-bond acceptors (Lipinski definition) is 9. The van der Waals surface area contributed by atoms with Gasteiger partial charge in [0, 0.05) is 69.7 Å². The van der Waals surface area contributed by atoms with Gasteiger partial charge in [-0.1, -0.05) is 6.42 Å². The summed E-state index contributed by atoms with van der Waals surface area (Å²) in [5.74, 6) is 1.31. The molecular weight excluding hydrogens is 408 g/mol. The Morgan fingerprint density at radius 1 is 1.03 bits per heavy atom. The van der Waals surface area contributed by atoms with Crippen LogP contribution in [0.4, 0.5) is 5.95 Å². The fourth-order valence-corrected chi connectivity index (χ4v) is 5.10. The summed E-state index contributed by atoms with van der Waals surface area (Å²) < 4.78 is 11.3. The van der Waals surface area contributed by atoms with Gasteiger partial charge in [-0.15, -0.1) is 0 Å². The first-order chi connectivity index (χ1) is 15.5. The van der Waals surface area contributed by atoms with E-state index in [0.29, 0.717) is 30.6 Å². The van der Waals surface area contributed by atoms with Gasteiger partial charge in [0.2, 0.25) is 11.8 Å². The maximum absolute atomic E-state index is 12.1. The lowest BCUT2D eigenvalue weighted by Crippen LogP contribution is -2.58. The van der Waals surface area contributed by atoms with E-state index in [0.717, 1.165) is 44.5 Å². The standard InChI is InChI=1S/C23H34N6O3/c1-5-31-20-19(12-26-22(27-20)32-6-2)23(30)17-8-7-9-18(23)15-29(14-17)13-16-10-24-21(25-11-16)28(3)4/h10-12,17-18,30H,5-9,13-15H2,1-4H3/t17-,18+,23?. The third kappa shape index (κ3) is 4.36. The Balaban J connectivity index is 1.57. The fourth-order valence-electron chi connectivity index (χ4n) is 5.10. The number of piperidine rings is 1. The normalized spacial score (nSPS) is 25.4.